The lowest BCUT2D eigenvalue weighted by molar-refractivity contribution is 0.371. The fourth-order valence-corrected chi connectivity index (χ4v) is 2.46. The molecule has 6 nitrogen and oxygen atoms in total. The number of rotatable bonds is 7. The van der Waals surface area contributed by atoms with E-state index < -0.39 is 0 Å². The van der Waals surface area contributed by atoms with E-state index in [1.807, 2.05) is 0 Å². The topological polar surface area (TPSA) is 59.5 Å². The molecule has 2 heterocycles. The maximum Gasteiger partial charge on any atom is 0.232 e. The number of aromatic nitrogens is 2. The third kappa shape index (κ3) is 3.72. The number of ether oxygens (including phenoxy) is 2. The Morgan fingerprint density at radius 1 is 1.30 bits per heavy atom. The molecule has 0 aliphatic carbocycles. The third-order valence-corrected chi connectivity index (χ3v) is 3.47. The van der Waals surface area contributed by atoms with Crippen molar-refractivity contribution < 1.29 is 9.47 Å². The van der Waals surface area contributed by atoms with Crippen molar-refractivity contribution in [2.75, 3.05) is 38.8 Å². The van der Waals surface area contributed by atoms with Crippen molar-refractivity contribution in [2.45, 2.75) is 32.2 Å². The van der Waals surface area contributed by atoms with Gasteiger partial charge in [-0.1, -0.05) is 6.92 Å². The third-order valence-electron chi connectivity index (χ3n) is 3.47. The minimum absolute atomic E-state index is 0.516. The first kappa shape index (κ1) is 14.8. The Balaban J connectivity index is 2.17. The van der Waals surface area contributed by atoms with Crippen molar-refractivity contribution in [1.82, 2.24) is 15.3 Å². The molecule has 1 atom stereocenters. The van der Waals surface area contributed by atoms with Gasteiger partial charge in [0.2, 0.25) is 17.7 Å². The van der Waals surface area contributed by atoms with E-state index in [-0.39, 0.29) is 0 Å². The summed E-state index contributed by atoms with van der Waals surface area (Å²) in [5, 5.41) is 3.51. The van der Waals surface area contributed by atoms with E-state index in [4.69, 9.17) is 9.47 Å². The average molecular weight is 280 g/mol. The average Bonchev–Trinajstić information content (AvgIpc) is 2.99. The van der Waals surface area contributed by atoms with Crippen LogP contribution in [0.1, 0.15) is 26.2 Å². The number of hydrogen-bond acceptors (Lipinski definition) is 6. The minimum Gasteiger partial charge on any atom is -0.481 e. The molecular weight excluding hydrogens is 256 g/mol. The zero-order valence-corrected chi connectivity index (χ0v) is 12.6. The normalized spacial score (nSPS) is 18.1. The summed E-state index contributed by atoms with van der Waals surface area (Å²) in [6.07, 6.45) is 3.50. The highest BCUT2D eigenvalue weighted by molar-refractivity contribution is 5.37. The van der Waals surface area contributed by atoms with Crippen molar-refractivity contribution in [2.24, 2.45) is 0 Å². The molecule has 1 aromatic heterocycles. The lowest BCUT2D eigenvalue weighted by atomic mass is 10.2. The molecular formula is C14H24N4O2. The maximum absolute atomic E-state index is 5.22. The zero-order chi connectivity index (χ0) is 14.4. The van der Waals surface area contributed by atoms with E-state index in [2.05, 4.69) is 27.1 Å². The van der Waals surface area contributed by atoms with Crippen LogP contribution < -0.4 is 19.7 Å². The van der Waals surface area contributed by atoms with E-state index in [9.17, 15) is 0 Å². The molecule has 0 amide bonds. The summed E-state index contributed by atoms with van der Waals surface area (Å²) in [5.41, 5.74) is 0. The van der Waals surface area contributed by atoms with Gasteiger partial charge in [0.25, 0.3) is 0 Å². The molecule has 0 aromatic carbocycles. The first-order valence-electron chi connectivity index (χ1n) is 7.22. The van der Waals surface area contributed by atoms with Crippen molar-refractivity contribution in [3.05, 3.63) is 6.07 Å². The van der Waals surface area contributed by atoms with E-state index in [0.717, 1.165) is 26.1 Å². The van der Waals surface area contributed by atoms with Gasteiger partial charge in [-0.3, -0.25) is 0 Å². The van der Waals surface area contributed by atoms with Gasteiger partial charge in [0.15, 0.2) is 0 Å². The second-order valence-corrected chi connectivity index (χ2v) is 4.99. The Morgan fingerprint density at radius 3 is 2.50 bits per heavy atom. The zero-order valence-electron chi connectivity index (χ0n) is 12.6. The van der Waals surface area contributed by atoms with Gasteiger partial charge < -0.3 is 19.7 Å². The molecule has 1 aliphatic heterocycles. The Kier molecular flexibility index (Phi) is 5.40. The monoisotopic (exact) mass is 280 g/mol. The molecule has 1 saturated heterocycles. The summed E-state index contributed by atoms with van der Waals surface area (Å²) >= 11 is 0. The molecule has 1 fully saturated rings. The van der Waals surface area contributed by atoms with Crippen molar-refractivity contribution in [3.8, 4) is 11.8 Å². The van der Waals surface area contributed by atoms with Gasteiger partial charge in [0.05, 0.1) is 20.3 Å². The predicted octanol–water partition coefficient (Wildman–Crippen LogP) is 1.46. The fourth-order valence-electron chi connectivity index (χ4n) is 2.46. The Hall–Kier alpha value is -1.56. The first-order valence-corrected chi connectivity index (χ1v) is 7.22. The van der Waals surface area contributed by atoms with Crippen LogP contribution in [0, 0.1) is 0 Å². The van der Waals surface area contributed by atoms with Crippen LogP contribution >= 0.6 is 0 Å². The summed E-state index contributed by atoms with van der Waals surface area (Å²) in [4.78, 5) is 11.1. The largest absolute Gasteiger partial charge is 0.481 e. The number of methoxy groups -OCH3 is 2. The number of nitrogens with one attached hydrogen (secondary N) is 1. The van der Waals surface area contributed by atoms with Crippen LogP contribution in [0.5, 0.6) is 11.8 Å². The second kappa shape index (κ2) is 7.28. The van der Waals surface area contributed by atoms with E-state index in [1.54, 1.807) is 20.3 Å². The van der Waals surface area contributed by atoms with Gasteiger partial charge in [-0.25, -0.2) is 0 Å². The highest BCUT2D eigenvalue weighted by Crippen LogP contribution is 2.21. The number of anilines is 1. The van der Waals surface area contributed by atoms with Crippen LogP contribution in [-0.4, -0.2) is 49.9 Å². The van der Waals surface area contributed by atoms with E-state index in [1.165, 1.54) is 12.8 Å². The van der Waals surface area contributed by atoms with Crippen LogP contribution in [0.3, 0.4) is 0 Å². The highest BCUT2D eigenvalue weighted by Gasteiger charge is 2.20. The first-order chi connectivity index (χ1) is 9.76. The SMILES string of the molecule is CCCN(CC1CCCN1)c1nc(OC)cc(OC)n1. The van der Waals surface area contributed by atoms with E-state index in [0.29, 0.717) is 23.8 Å². The standard InChI is InChI=1S/C14H24N4O2/c1-4-8-18(10-11-6-5-7-15-11)14-16-12(19-2)9-13(17-14)20-3/h9,11,15H,4-8,10H2,1-3H3. The van der Waals surface area contributed by atoms with Crippen LogP contribution in [0.15, 0.2) is 6.07 Å². The van der Waals surface area contributed by atoms with Gasteiger partial charge in [-0.15, -0.1) is 0 Å². The van der Waals surface area contributed by atoms with Crippen LogP contribution in [-0.2, 0) is 0 Å². The van der Waals surface area contributed by atoms with Crippen LogP contribution in [0.2, 0.25) is 0 Å². The van der Waals surface area contributed by atoms with Crippen LogP contribution in [0.25, 0.3) is 0 Å². The lowest BCUT2D eigenvalue weighted by Crippen LogP contribution is -2.39. The van der Waals surface area contributed by atoms with Crippen molar-refractivity contribution in [3.63, 3.8) is 0 Å². The van der Waals surface area contributed by atoms with Gasteiger partial charge >= 0.3 is 0 Å². The number of hydrogen-bond donors (Lipinski definition) is 1. The molecule has 1 unspecified atom stereocenters. The van der Waals surface area contributed by atoms with E-state index >= 15 is 0 Å². The summed E-state index contributed by atoms with van der Waals surface area (Å²) in [7, 11) is 3.21. The summed E-state index contributed by atoms with van der Waals surface area (Å²) in [6.45, 7) is 5.11. The molecule has 1 aromatic rings. The number of nitrogens with zero attached hydrogens (tertiary/aromatic N) is 3. The Labute approximate surface area is 120 Å². The molecule has 20 heavy (non-hydrogen) atoms. The highest BCUT2D eigenvalue weighted by atomic mass is 16.5. The molecule has 6 heteroatoms. The molecule has 0 spiro atoms. The summed E-state index contributed by atoms with van der Waals surface area (Å²) in [5.74, 6) is 1.75. The second-order valence-electron chi connectivity index (χ2n) is 4.99. The van der Waals surface area contributed by atoms with Crippen LogP contribution in [0.4, 0.5) is 5.95 Å². The Morgan fingerprint density at radius 2 is 2.00 bits per heavy atom. The molecule has 0 bridgehead atoms. The Bertz CT molecular complexity index is 399. The summed E-state index contributed by atoms with van der Waals surface area (Å²) in [6, 6.07) is 2.21. The molecule has 1 N–H and O–H groups in total. The molecule has 0 saturated carbocycles. The van der Waals surface area contributed by atoms with Gasteiger partial charge in [-0.2, -0.15) is 9.97 Å². The minimum atomic E-state index is 0.516. The molecule has 112 valence electrons. The van der Waals surface area contributed by atoms with Gasteiger partial charge in [0, 0.05) is 19.1 Å². The predicted molar refractivity (Wildman–Crippen MR) is 78.7 cm³/mol. The van der Waals surface area contributed by atoms with Gasteiger partial charge in [-0.05, 0) is 25.8 Å². The lowest BCUT2D eigenvalue weighted by Gasteiger charge is -2.25. The maximum atomic E-state index is 5.22. The molecule has 0 radical (unpaired) electrons. The molecule has 2 rings (SSSR count). The smallest absolute Gasteiger partial charge is 0.232 e. The molecule has 1 aliphatic rings. The van der Waals surface area contributed by atoms with Crippen molar-refractivity contribution in [1.29, 1.82) is 0 Å². The summed E-state index contributed by atoms with van der Waals surface area (Å²) < 4.78 is 10.4. The fraction of sp³-hybridized carbons (Fsp3) is 0.714. The quantitative estimate of drug-likeness (QED) is 0.816. The van der Waals surface area contributed by atoms with Crippen molar-refractivity contribution >= 4 is 5.95 Å². The van der Waals surface area contributed by atoms with Gasteiger partial charge in [0.1, 0.15) is 0 Å².